The van der Waals surface area contributed by atoms with Gasteiger partial charge < -0.3 is 5.32 Å². The number of rotatable bonds is 5. The van der Waals surface area contributed by atoms with Crippen LogP contribution in [0.1, 0.15) is 23.2 Å². The lowest BCUT2D eigenvalue weighted by Gasteiger charge is -2.04. The molecule has 0 unspecified atom stereocenters. The van der Waals surface area contributed by atoms with Gasteiger partial charge in [0.2, 0.25) is 0 Å². The Balaban J connectivity index is 1.72. The van der Waals surface area contributed by atoms with Crippen LogP contribution in [-0.4, -0.2) is 22.2 Å². The number of carbonyl (C=O) groups is 1. The van der Waals surface area contributed by atoms with Crippen LogP contribution in [0.2, 0.25) is 5.02 Å². The predicted molar refractivity (Wildman–Crippen MR) is 99.1 cm³/mol. The number of hydrogen-bond acceptors (Lipinski definition) is 2. The Hall–Kier alpha value is -2.59. The zero-order chi connectivity index (χ0) is 17.2. The first-order chi connectivity index (χ1) is 12.2. The Morgan fingerprint density at radius 2 is 1.84 bits per heavy atom. The highest BCUT2D eigenvalue weighted by Crippen LogP contribution is 2.28. The summed E-state index contributed by atoms with van der Waals surface area (Å²) < 4.78 is 1.75. The standard InChI is InChI=1S/C20H18ClN3O/c21-16-10-8-15(9-11-16)19-18(20(25)22-12-14-6-7-14)13-24(23-19)17-4-2-1-3-5-17/h1-5,8-11,13-14H,6-7,12H2,(H,22,25). The van der Waals surface area contributed by atoms with E-state index in [4.69, 9.17) is 11.6 Å². The zero-order valence-electron chi connectivity index (χ0n) is 13.7. The molecule has 0 saturated heterocycles. The molecule has 1 aromatic heterocycles. The predicted octanol–water partition coefficient (Wildman–Crippen LogP) is 4.33. The number of benzene rings is 2. The second-order valence-electron chi connectivity index (χ2n) is 6.33. The fraction of sp³-hybridized carbons (Fsp3) is 0.200. The molecule has 0 aliphatic heterocycles. The van der Waals surface area contributed by atoms with E-state index in [0.717, 1.165) is 17.8 Å². The minimum absolute atomic E-state index is 0.0842. The van der Waals surface area contributed by atoms with Gasteiger partial charge in [-0.2, -0.15) is 5.10 Å². The molecule has 2 aromatic carbocycles. The quantitative estimate of drug-likeness (QED) is 0.743. The lowest BCUT2D eigenvalue weighted by molar-refractivity contribution is 0.0952. The number of amides is 1. The highest BCUT2D eigenvalue weighted by molar-refractivity contribution is 6.30. The SMILES string of the molecule is O=C(NCC1CC1)c1cn(-c2ccccc2)nc1-c1ccc(Cl)cc1. The highest BCUT2D eigenvalue weighted by Gasteiger charge is 2.24. The van der Waals surface area contributed by atoms with Gasteiger partial charge in [0, 0.05) is 23.3 Å². The third kappa shape index (κ3) is 3.59. The monoisotopic (exact) mass is 351 g/mol. The van der Waals surface area contributed by atoms with Crippen molar-refractivity contribution in [3.8, 4) is 16.9 Å². The Labute approximate surface area is 151 Å². The average Bonchev–Trinajstić information content (AvgIpc) is 3.37. The first kappa shape index (κ1) is 15.9. The molecule has 1 amide bonds. The van der Waals surface area contributed by atoms with Crippen molar-refractivity contribution < 1.29 is 4.79 Å². The molecule has 25 heavy (non-hydrogen) atoms. The number of nitrogens with zero attached hydrogens (tertiary/aromatic N) is 2. The van der Waals surface area contributed by atoms with Gasteiger partial charge in [-0.3, -0.25) is 4.79 Å². The molecule has 3 aromatic rings. The first-order valence-corrected chi connectivity index (χ1v) is 8.78. The van der Waals surface area contributed by atoms with Crippen molar-refractivity contribution in [1.82, 2.24) is 15.1 Å². The van der Waals surface area contributed by atoms with Gasteiger partial charge in [-0.25, -0.2) is 4.68 Å². The molecule has 5 heteroatoms. The summed E-state index contributed by atoms with van der Waals surface area (Å²) in [4.78, 5) is 12.7. The maximum absolute atomic E-state index is 12.7. The molecule has 0 spiro atoms. The summed E-state index contributed by atoms with van der Waals surface area (Å²) in [6, 6.07) is 17.2. The maximum atomic E-state index is 12.7. The lowest BCUT2D eigenvalue weighted by Crippen LogP contribution is -2.25. The van der Waals surface area contributed by atoms with Gasteiger partial charge in [0.15, 0.2) is 0 Å². The summed E-state index contributed by atoms with van der Waals surface area (Å²) in [5.74, 6) is 0.547. The molecule has 126 valence electrons. The summed E-state index contributed by atoms with van der Waals surface area (Å²) in [7, 11) is 0. The van der Waals surface area contributed by atoms with E-state index >= 15 is 0 Å². The van der Waals surface area contributed by atoms with Crippen LogP contribution >= 0.6 is 11.6 Å². The summed E-state index contributed by atoms with van der Waals surface area (Å²) in [5.41, 5.74) is 3.02. The Morgan fingerprint density at radius 3 is 2.52 bits per heavy atom. The van der Waals surface area contributed by atoms with Crippen LogP contribution < -0.4 is 5.32 Å². The smallest absolute Gasteiger partial charge is 0.255 e. The van der Waals surface area contributed by atoms with Gasteiger partial charge in [-0.1, -0.05) is 41.9 Å². The van der Waals surface area contributed by atoms with E-state index in [2.05, 4.69) is 10.4 Å². The van der Waals surface area contributed by atoms with Crippen LogP contribution in [0.25, 0.3) is 16.9 Å². The second kappa shape index (κ2) is 6.73. The van der Waals surface area contributed by atoms with Crippen molar-refractivity contribution in [3.63, 3.8) is 0 Å². The van der Waals surface area contributed by atoms with Gasteiger partial charge in [0.05, 0.1) is 11.3 Å². The van der Waals surface area contributed by atoms with Gasteiger partial charge in [0.1, 0.15) is 5.69 Å². The van der Waals surface area contributed by atoms with Crippen LogP contribution in [0.5, 0.6) is 0 Å². The van der Waals surface area contributed by atoms with Crippen LogP contribution in [0, 0.1) is 5.92 Å². The fourth-order valence-electron chi connectivity index (χ4n) is 2.73. The molecule has 0 radical (unpaired) electrons. The lowest BCUT2D eigenvalue weighted by atomic mass is 10.1. The zero-order valence-corrected chi connectivity index (χ0v) is 14.4. The Bertz CT molecular complexity index is 883. The molecule has 1 aliphatic rings. The fourth-order valence-corrected chi connectivity index (χ4v) is 2.85. The largest absolute Gasteiger partial charge is 0.352 e. The van der Waals surface area contributed by atoms with Crippen molar-refractivity contribution in [2.75, 3.05) is 6.54 Å². The van der Waals surface area contributed by atoms with Crippen LogP contribution in [0.15, 0.2) is 60.8 Å². The normalized spacial score (nSPS) is 13.6. The van der Waals surface area contributed by atoms with Crippen molar-refractivity contribution in [2.45, 2.75) is 12.8 Å². The summed E-state index contributed by atoms with van der Waals surface area (Å²) in [6.07, 6.45) is 4.20. The molecular weight excluding hydrogens is 334 g/mol. The van der Waals surface area contributed by atoms with E-state index in [1.165, 1.54) is 12.8 Å². The number of para-hydroxylation sites is 1. The van der Waals surface area contributed by atoms with E-state index in [9.17, 15) is 4.79 Å². The van der Waals surface area contributed by atoms with Crippen molar-refractivity contribution in [1.29, 1.82) is 0 Å². The molecule has 1 fully saturated rings. The Kier molecular flexibility index (Phi) is 4.28. The summed E-state index contributed by atoms with van der Waals surface area (Å²) in [6.45, 7) is 0.732. The number of hydrogen-bond donors (Lipinski definition) is 1. The minimum atomic E-state index is -0.0842. The van der Waals surface area contributed by atoms with Gasteiger partial charge >= 0.3 is 0 Å². The molecule has 1 aliphatic carbocycles. The van der Waals surface area contributed by atoms with Gasteiger partial charge in [0.25, 0.3) is 5.91 Å². The number of aromatic nitrogens is 2. The second-order valence-corrected chi connectivity index (χ2v) is 6.77. The number of carbonyl (C=O) groups excluding carboxylic acids is 1. The average molecular weight is 352 g/mol. The third-order valence-corrected chi connectivity index (χ3v) is 4.60. The summed E-state index contributed by atoms with van der Waals surface area (Å²) in [5, 5.41) is 8.34. The van der Waals surface area contributed by atoms with Crippen LogP contribution in [-0.2, 0) is 0 Å². The molecule has 1 heterocycles. The van der Waals surface area contributed by atoms with Crippen LogP contribution in [0.4, 0.5) is 0 Å². The van der Waals surface area contributed by atoms with E-state index in [0.29, 0.717) is 22.2 Å². The molecule has 1 saturated carbocycles. The van der Waals surface area contributed by atoms with Crippen molar-refractivity contribution in [3.05, 3.63) is 71.4 Å². The molecule has 0 atom stereocenters. The van der Waals surface area contributed by atoms with E-state index in [1.807, 2.05) is 54.6 Å². The van der Waals surface area contributed by atoms with E-state index < -0.39 is 0 Å². The number of nitrogens with one attached hydrogen (secondary N) is 1. The molecule has 4 rings (SSSR count). The summed E-state index contributed by atoms with van der Waals surface area (Å²) >= 11 is 5.99. The molecule has 1 N–H and O–H groups in total. The number of halogens is 1. The highest BCUT2D eigenvalue weighted by atomic mass is 35.5. The Morgan fingerprint density at radius 1 is 1.12 bits per heavy atom. The van der Waals surface area contributed by atoms with Crippen molar-refractivity contribution in [2.24, 2.45) is 5.92 Å². The van der Waals surface area contributed by atoms with Gasteiger partial charge in [-0.15, -0.1) is 0 Å². The third-order valence-electron chi connectivity index (χ3n) is 4.35. The maximum Gasteiger partial charge on any atom is 0.255 e. The van der Waals surface area contributed by atoms with E-state index in [1.54, 1.807) is 10.9 Å². The first-order valence-electron chi connectivity index (χ1n) is 8.40. The molecule has 4 nitrogen and oxygen atoms in total. The topological polar surface area (TPSA) is 46.9 Å². The molecule has 0 bridgehead atoms. The minimum Gasteiger partial charge on any atom is -0.352 e. The van der Waals surface area contributed by atoms with E-state index in [-0.39, 0.29) is 5.91 Å². The van der Waals surface area contributed by atoms with Crippen molar-refractivity contribution >= 4 is 17.5 Å². The van der Waals surface area contributed by atoms with Gasteiger partial charge in [-0.05, 0) is 43.0 Å². The van der Waals surface area contributed by atoms with Crippen LogP contribution in [0.3, 0.4) is 0 Å². The molecular formula is C20H18ClN3O.